The fourth-order valence-corrected chi connectivity index (χ4v) is 2.18. The zero-order chi connectivity index (χ0) is 13.7. The third-order valence-corrected chi connectivity index (χ3v) is 3.47. The minimum Gasteiger partial charge on any atom is -0.388 e. The molecule has 0 aliphatic heterocycles. The molecule has 18 heavy (non-hydrogen) atoms. The average molecular weight is 251 g/mol. The first-order valence-electron chi connectivity index (χ1n) is 6.26. The normalized spacial score (nSPS) is 14.5. The van der Waals surface area contributed by atoms with Crippen molar-refractivity contribution in [3.8, 4) is 0 Å². The highest BCUT2D eigenvalue weighted by Crippen LogP contribution is 2.25. The first kappa shape index (κ1) is 14.6. The quantitative estimate of drug-likeness (QED) is 0.603. The van der Waals surface area contributed by atoms with Crippen molar-refractivity contribution in [3.63, 3.8) is 0 Å². The second-order valence-electron chi connectivity index (χ2n) is 4.65. The molecule has 0 amide bonds. The lowest BCUT2D eigenvalue weighted by atomic mass is 10.0. The van der Waals surface area contributed by atoms with Crippen LogP contribution in [0.15, 0.2) is 24.3 Å². The SMILES string of the molecule is CCC(CC(=N)N)N(C)C(C)c1ccccc1F. The van der Waals surface area contributed by atoms with E-state index in [1.54, 1.807) is 12.1 Å². The highest BCUT2D eigenvalue weighted by Gasteiger charge is 2.22. The molecule has 0 fully saturated rings. The molecule has 1 aromatic rings. The van der Waals surface area contributed by atoms with Crippen molar-refractivity contribution in [2.75, 3.05) is 7.05 Å². The summed E-state index contributed by atoms with van der Waals surface area (Å²) in [5, 5.41) is 7.39. The Bertz CT molecular complexity index is 406. The molecule has 0 saturated heterocycles. The zero-order valence-corrected chi connectivity index (χ0v) is 11.3. The molecule has 100 valence electrons. The van der Waals surface area contributed by atoms with Gasteiger partial charge in [0.2, 0.25) is 0 Å². The summed E-state index contributed by atoms with van der Waals surface area (Å²) in [4.78, 5) is 2.08. The largest absolute Gasteiger partial charge is 0.388 e. The van der Waals surface area contributed by atoms with E-state index >= 15 is 0 Å². The van der Waals surface area contributed by atoms with E-state index in [1.165, 1.54) is 6.07 Å². The van der Waals surface area contributed by atoms with Crippen LogP contribution in [0.2, 0.25) is 0 Å². The van der Waals surface area contributed by atoms with Gasteiger partial charge < -0.3 is 5.73 Å². The molecule has 0 saturated carbocycles. The van der Waals surface area contributed by atoms with Crippen molar-refractivity contribution in [1.29, 1.82) is 5.41 Å². The Labute approximate surface area is 108 Å². The highest BCUT2D eigenvalue weighted by atomic mass is 19.1. The third kappa shape index (κ3) is 3.53. The van der Waals surface area contributed by atoms with Crippen molar-refractivity contribution < 1.29 is 4.39 Å². The monoisotopic (exact) mass is 251 g/mol. The van der Waals surface area contributed by atoms with Gasteiger partial charge in [0.25, 0.3) is 0 Å². The second-order valence-corrected chi connectivity index (χ2v) is 4.65. The molecule has 0 aliphatic carbocycles. The molecule has 2 atom stereocenters. The molecule has 0 spiro atoms. The molecule has 1 rings (SSSR count). The highest BCUT2D eigenvalue weighted by molar-refractivity contribution is 5.77. The van der Waals surface area contributed by atoms with Gasteiger partial charge in [-0.25, -0.2) is 4.39 Å². The van der Waals surface area contributed by atoms with Gasteiger partial charge in [-0.2, -0.15) is 0 Å². The van der Waals surface area contributed by atoms with Gasteiger partial charge in [0.15, 0.2) is 0 Å². The zero-order valence-electron chi connectivity index (χ0n) is 11.3. The minimum absolute atomic E-state index is 0.0319. The predicted molar refractivity (Wildman–Crippen MR) is 73.2 cm³/mol. The fourth-order valence-electron chi connectivity index (χ4n) is 2.18. The summed E-state index contributed by atoms with van der Waals surface area (Å²) in [6.07, 6.45) is 1.40. The van der Waals surface area contributed by atoms with Crippen molar-refractivity contribution in [1.82, 2.24) is 4.90 Å². The van der Waals surface area contributed by atoms with Crippen LogP contribution in [0.25, 0.3) is 0 Å². The summed E-state index contributed by atoms with van der Waals surface area (Å²) >= 11 is 0. The molecule has 0 aliphatic rings. The van der Waals surface area contributed by atoms with E-state index in [4.69, 9.17) is 11.1 Å². The molecule has 2 unspecified atom stereocenters. The number of nitrogens with two attached hydrogens (primary N) is 1. The van der Waals surface area contributed by atoms with Crippen LogP contribution in [0.1, 0.15) is 38.3 Å². The summed E-state index contributed by atoms with van der Waals surface area (Å²) < 4.78 is 13.7. The van der Waals surface area contributed by atoms with E-state index in [0.29, 0.717) is 12.0 Å². The van der Waals surface area contributed by atoms with E-state index < -0.39 is 0 Å². The van der Waals surface area contributed by atoms with Crippen molar-refractivity contribution in [2.45, 2.75) is 38.8 Å². The first-order valence-corrected chi connectivity index (χ1v) is 6.26. The predicted octanol–water partition coefficient (Wildman–Crippen LogP) is 2.92. The summed E-state index contributed by atoms with van der Waals surface area (Å²) in [6.45, 7) is 4.03. The summed E-state index contributed by atoms with van der Waals surface area (Å²) in [5.41, 5.74) is 6.14. The van der Waals surface area contributed by atoms with Gasteiger partial charge in [-0.05, 0) is 26.5 Å². The topological polar surface area (TPSA) is 53.1 Å². The van der Waals surface area contributed by atoms with Crippen LogP contribution in [0, 0.1) is 11.2 Å². The lowest BCUT2D eigenvalue weighted by Crippen LogP contribution is -2.36. The maximum atomic E-state index is 13.7. The van der Waals surface area contributed by atoms with Crippen LogP contribution in [0.4, 0.5) is 4.39 Å². The molecule has 1 aromatic carbocycles. The molecule has 0 radical (unpaired) electrons. The number of rotatable bonds is 6. The van der Waals surface area contributed by atoms with Gasteiger partial charge in [-0.15, -0.1) is 0 Å². The Morgan fingerprint density at radius 3 is 2.56 bits per heavy atom. The van der Waals surface area contributed by atoms with Crippen LogP contribution in [0.3, 0.4) is 0 Å². The maximum absolute atomic E-state index is 13.7. The number of nitrogens with one attached hydrogen (secondary N) is 1. The number of benzene rings is 1. The maximum Gasteiger partial charge on any atom is 0.127 e. The Hall–Kier alpha value is -1.42. The summed E-state index contributed by atoms with van der Waals surface area (Å²) in [7, 11) is 1.95. The smallest absolute Gasteiger partial charge is 0.127 e. The molecule has 4 heteroatoms. The van der Waals surface area contributed by atoms with Crippen LogP contribution in [-0.2, 0) is 0 Å². The molecule has 0 aromatic heterocycles. The van der Waals surface area contributed by atoms with Crippen molar-refractivity contribution in [3.05, 3.63) is 35.6 Å². The van der Waals surface area contributed by atoms with Gasteiger partial charge >= 0.3 is 0 Å². The third-order valence-electron chi connectivity index (χ3n) is 3.47. The average Bonchev–Trinajstić information content (AvgIpc) is 2.34. The lowest BCUT2D eigenvalue weighted by Gasteiger charge is -2.32. The van der Waals surface area contributed by atoms with Gasteiger partial charge in [0.05, 0.1) is 5.84 Å². The minimum atomic E-state index is -0.186. The molecule has 0 heterocycles. The Kier molecular flexibility index (Phi) is 5.28. The number of amidine groups is 1. The molecular weight excluding hydrogens is 229 g/mol. The number of nitrogens with zero attached hydrogens (tertiary/aromatic N) is 1. The van der Waals surface area contributed by atoms with E-state index in [2.05, 4.69) is 11.8 Å². The van der Waals surface area contributed by atoms with Gasteiger partial charge in [0, 0.05) is 24.1 Å². The first-order chi connectivity index (χ1) is 8.47. The van der Waals surface area contributed by atoms with Crippen molar-refractivity contribution in [2.24, 2.45) is 5.73 Å². The second kappa shape index (κ2) is 6.50. The lowest BCUT2D eigenvalue weighted by molar-refractivity contribution is 0.180. The molecular formula is C14H22FN3. The Morgan fingerprint density at radius 2 is 2.06 bits per heavy atom. The summed E-state index contributed by atoms with van der Waals surface area (Å²) in [6, 6.07) is 6.95. The number of halogens is 1. The fraction of sp³-hybridized carbons (Fsp3) is 0.500. The van der Waals surface area contributed by atoms with Crippen LogP contribution < -0.4 is 5.73 Å². The number of hydrogen-bond acceptors (Lipinski definition) is 2. The standard InChI is InChI=1S/C14H22FN3/c1-4-11(9-14(16)17)18(3)10(2)12-7-5-6-8-13(12)15/h5-8,10-11H,4,9H2,1-3H3,(H3,16,17). The number of hydrogen-bond donors (Lipinski definition) is 2. The molecule has 0 bridgehead atoms. The summed E-state index contributed by atoms with van der Waals surface area (Å²) in [5.74, 6) is -0.0102. The van der Waals surface area contributed by atoms with Crippen LogP contribution >= 0.6 is 0 Å². The van der Waals surface area contributed by atoms with Crippen molar-refractivity contribution >= 4 is 5.84 Å². The van der Waals surface area contributed by atoms with Gasteiger partial charge in [-0.3, -0.25) is 10.3 Å². The van der Waals surface area contributed by atoms with E-state index in [-0.39, 0.29) is 23.7 Å². The van der Waals surface area contributed by atoms with Gasteiger partial charge in [0.1, 0.15) is 5.82 Å². The van der Waals surface area contributed by atoms with Gasteiger partial charge in [-0.1, -0.05) is 25.1 Å². The van der Waals surface area contributed by atoms with E-state index in [1.807, 2.05) is 20.0 Å². The Balaban J connectivity index is 2.85. The van der Waals surface area contributed by atoms with E-state index in [9.17, 15) is 4.39 Å². The Morgan fingerprint density at radius 1 is 1.44 bits per heavy atom. The van der Waals surface area contributed by atoms with Crippen LogP contribution in [0.5, 0.6) is 0 Å². The van der Waals surface area contributed by atoms with Crippen LogP contribution in [-0.4, -0.2) is 23.8 Å². The molecule has 3 nitrogen and oxygen atoms in total. The molecule has 3 N–H and O–H groups in total. The van der Waals surface area contributed by atoms with E-state index in [0.717, 1.165) is 6.42 Å².